The maximum absolute atomic E-state index is 14.0. The monoisotopic (exact) mass is 444 g/mol. The molecule has 0 aromatic heterocycles. The lowest BCUT2D eigenvalue weighted by Crippen LogP contribution is -2.33. The van der Waals surface area contributed by atoms with E-state index in [1.807, 2.05) is 6.07 Å². The lowest BCUT2D eigenvalue weighted by molar-refractivity contribution is 0.280. The molecule has 3 atom stereocenters. The first kappa shape index (κ1) is 21.8. The van der Waals surface area contributed by atoms with Crippen LogP contribution in [0.2, 0.25) is 0 Å². The molecule has 1 aliphatic rings. The summed E-state index contributed by atoms with van der Waals surface area (Å²) in [5.74, 6) is 0.173. The fraction of sp³-hybridized carbons (Fsp3) is 0.185. The fourth-order valence-corrected chi connectivity index (χ4v) is 8.44. The van der Waals surface area contributed by atoms with Crippen molar-refractivity contribution in [2.45, 2.75) is 13.0 Å². The molecule has 0 heterocycles. The van der Waals surface area contributed by atoms with Crippen molar-refractivity contribution in [2.24, 2.45) is 5.92 Å². The Morgan fingerprint density at radius 2 is 1.39 bits per heavy atom. The zero-order chi connectivity index (χ0) is 21.8. The Morgan fingerprint density at radius 1 is 0.839 bits per heavy atom. The smallest absolute Gasteiger partial charge is 0.306 e. The van der Waals surface area contributed by atoms with E-state index in [-0.39, 0.29) is 5.92 Å². The van der Waals surface area contributed by atoms with Gasteiger partial charge in [-0.25, -0.2) is 0 Å². The lowest BCUT2D eigenvalue weighted by Gasteiger charge is -2.24. The highest BCUT2D eigenvalue weighted by Gasteiger charge is 2.40. The van der Waals surface area contributed by atoms with Crippen LogP contribution in [-0.4, -0.2) is 25.0 Å². The number of benzene rings is 3. The van der Waals surface area contributed by atoms with Gasteiger partial charge < -0.3 is 4.90 Å². The van der Waals surface area contributed by atoms with Crippen LogP contribution in [0.15, 0.2) is 108 Å². The minimum absolute atomic E-state index is 0.173. The molecule has 0 saturated heterocycles. The summed E-state index contributed by atoms with van der Waals surface area (Å²) in [7, 11) is 1.70. The van der Waals surface area contributed by atoms with Crippen molar-refractivity contribution in [3.05, 3.63) is 108 Å². The minimum atomic E-state index is -1.67. The molecule has 2 unspecified atom stereocenters. The predicted octanol–water partition coefficient (Wildman–Crippen LogP) is 4.92. The molecule has 4 heteroatoms. The van der Waals surface area contributed by atoms with Crippen molar-refractivity contribution < 1.29 is 4.57 Å². The van der Waals surface area contributed by atoms with Crippen molar-refractivity contribution in [1.29, 1.82) is 0 Å². The van der Waals surface area contributed by atoms with E-state index in [9.17, 15) is 4.57 Å². The zero-order valence-electron chi connectivity index (χ0n) is 18.2. The first-order chi connectivity index (χ1) is 15.1. The van der Waals surface area contributed by atoms with Gasteiger partial charge in [-0.15, -0.1) is 0 Å². The van der Waals surface area contributed by atoms with E-state index in [4.69, 9.17) is 0 Å². The van der Waals surface area contributed by atoms with Crippen LogP contribution in [0.1, 0.15) is 6.92 Å². The van der Waals surface area contributed by atoms with Gasteiger partial charge in [0.25, 0.3) is 0 Å². The topological polar surface area (TPSA) is 20.3 Å². The lowest BCUT2D eigenvalue weighted by atomic mass is 10.0. The van der Waals surface area contributed by atoms with Crippen LogP contribution in [0, 0.1) is 5.92 Å². The Morgan fingerprint density at radius 3 is 1.97 bits per heavy atom. The summed E-state index contributed by atoms with van der Waals surface area (Å²) in [5.41, 5.74) is 0. The highest BCUT2D eigenvalue weighted by molar-refractivity contribution is 7.81. The highest BCUT2D eigenvalue weighted by atomic mass is 31.1. The van der Waals surface area contributed by atoms with Crippen LogP contribution >= 0.6 is 15.7 Å². The first-order valence-corrected chi connectivity index (χ1v) is 13.2. The van der Waals surface area contributed by atoms with Gasteiger partial charge >= 0.3 is 7.80 Å². The van der Waals surface area contributed by atoms with E-state index < -0.39 is 15.7 Å². The average molecular weight is 444 g/mol. The van der Waals surface area contributed by atoms with Crippen LogP contribution in [-0.2, 0) is 4.57 Å². The van der Waals surface area contributed by atoms with Crippen LogP contribution in [0.25, 0.3) is 0 Å². The Bertz CT molecular complexity index is 1070. The van der Waals surface area contributed by atoms with Gasteiger partial charge in [0.05, 0.1) is 5.92 Å². The van der Waals surface area contributed by atoms with Crippen LogP contribution in [0.4, 0.5) is 0 Å². The molecular weight excluding hydrogens is 416 g/mol. The van der Waals surface area contributed by atoms with Crippen molar-refractivity contribution in [3.63, 3.8) is 0 Å². The molecule has 156 valence electrons. The molecule has 0 aliphatic heterocycles. The van der Waals surface area contributed by atoms with E-state index in [1.54, 1.807) is 0 Å². The van der Waals surface area contributed by atoms with Crippen molar-refractivity contribution in [2.75, 3.05) is 14.1 Å². The second-order valence-corrected chi connectivity index (χ2v) is 11.8. The van der Waals surface area contributed by atoms with E-state index >= 15 is 0 Å². The first-order valence-electron chi connectivity index (χ1n) is 10.6. The normalized spacial score (nSPS) is 17.1. The van der Waals surface area contributed by atoms with Crippen LogP contribution < -0.4 is 21.2 Å². The van der Waals surface area contributed by atoms with Gasteiger partial charge in [-0.05, 0) is 57.8 Å². The Balaban J connectivity index is 1.80. The summed E-state index contributed by atoms with van der Waals surface area (Å²) in [6.45, 7) is 2.20. The summed E-state index contributed by atoms with van der Waals surface area (Å²) in [6.07, 6.45) is 6.31. The summed E-state index contributed by atoms with van der Waals surface area (Å²) in [4.78, 5) is 2.20. The molecule has 31 heavy (non-hydrogen) atoms. The third kappa shape index (κ3) is 4.63. The minimum Gasteiger partial charge on any atom is -0.306 e. The molecule has 1 aliphatic carbocycles. The molecule has 3 aromatic carbocycles. The summed E-state index contributed by atoms with van der Waals surface area (Å²) < 4.78 is 14.0. The molecule has 0 radical (unpaired) electrons. The van der Waals surface area contributed by atoms with Gasteiger partial charge in [0, 0.05) is 11.3 Å². The molecular formula is C27H28NOP2+. The third-order valence-corrected chi connectivity index (χ3v) is 10.3. The van der Waals surface area contributed by atoms with E-state index in [1.165, 1.54) is 15.9 Å². The predicted molar refractivity (Wildman–Crippen MR) is 136 cm³/mol. The van der Waals surface area contributed by atoms with E-state index in [0.29, 0.717) is 6.04 Å². The molecule has 2 nitrogen and oxygen atoms in total. The standard InChI is InChI=1S/C27H28NOP2/c1-21(28(2)3)24-17-12-20-25(24)31(29)27-19-11-10-18-26(27)30(22-13-6-4-7-14-22)23-15-8-5-9-16-23/h4-21,24H,1-3H3/q+1/t21-,24?/m0/s1. The SMILES string of the molecule is C[C@@H](C1C=CC=C1[P+](=O)c1ccccc1P(c1ccccc1)c1ccccc1)N(C)C. The maximum Gasteiger partial charge on any atom is 0.412 e. The molecule has 0 amide bonds. The van der Waals surface area contributed by atoms with Crippen molar-refractivity contribution >= 4 is 36.9 Å². The average Bonchev–Trinajstić information content (AvgIpc) is 3.30. The molecule has 0 fully saturated rings. The molecule has 0 N–H and O–H groups in total. The molecule has 0 spiro atoms. The molecule has 0 bridgehead atoms. The van der Waals surface area contributed by atoms with E-state index in [0.717, 1.165) is 10.6 Å². The van der Waals surface area contributed by atoms with Crippen molar-refractivity contribution in [3.8, 4) is 0 Å². The van der Waals surface area contributed by atoms with Gasteiger partial charge in [0.1, 0.15) is 0 Å². The third-order valence-electron chi connectivity index (χ3n) is 5.87. The highest BCUT2D eigenvalue weighted by Crippen LogP contribution is 2.44. The maximum atomic E-state index is 14.0. The second kappa shape index (κ2) is 9.84. The Kier molecular flexibility index (Phi) is 6.93. The molecule has 4 rings (SSSR count). The van der Waals surface area contributed by atoms with E-state index in [2.05, 4.69) is 123 Å². The summed E-state index contributed by atoms with van der Waals surface area (Å²) in [5, 5.41) is 5.72. The number of nitrogens with zero attached hydrogens (tertiary/aromatic N) is 1. The summed E-state index contributed by atoms with van der Waals surface area (Å²) >= 11 is 0. The quantitative estimate of drug-likeness (QED) is 0.483. The van der Waals surface area contributed by atoms with Crippen LogP contribution in [0.3, 0.4) is 0 Å². The number of rotatable bonds is 7. The second-order valence-electron chi connectivity index (χ2n) is 8.00. The zero-order valence-corrected chi connectivity index (χ0v) is 20.0. The summed E-state index contributed by atoms with van der Waals surface area (Å²) in [6, 6.07) is 29.8. The number of hydrogen-bond donors (Lipinski definition) is 0. The molecule has 0 saturated carbocycles. The van der Waals surface area contributed by atoms with Crippen LogP contribution in [0.5, 0.6) is 0 Å². The number of allylic oxidation sites excluding steroid dienone is 2. The van der Waals surface area contributed by atoms with Gasteiger partial charge in [-0.1, -0.05) is 89.5 Å². The largest absolute Gasteiger partial charge is 0.412 e. The van der Waals surface area contributed by atoms with Gasteiger partial charge in [0.2, 0.25) is 5.30 Å². The Hall–Kier alpha value is -2.37. The van der Waals surface area contributed by atoms with Gasteiger partial charge in [0.15, 0.2) is 5.31 Å². The number of hydrogen-bond acceptors (Lipinski definition) is 2. The fourth-order valence-electron chi connectivity index (χ4n) is 3.96. The van der Waals surface area contributed by atoms with Gasteiger partial charge in [-0.3, -0.25) is 0 Å². The molecule has 3 aromatic rings. The van der Waals surface area contributed by atoms with Gasteiger partial charge in [-0.2, -0.15) is 0 Å². The Labute approximate surface area is 187 Å². The van der Waals surface area contributed by atoms with Crippen molar-refractivity contribution in [1.82, 2.24) is 4.90 Å².